The van der Waals surface area contributed by atoms with Crippen molar-refractivity contribution in [3.8, 4) is 0 Å². The maximum absolute atomic E-state index is 11.5. The van der Waals surface area contributed by atoms with Crippen LogP contribution in [0.25, 0.3) is 11.2 Å². The third-order valence-electron chi connectivity index (χ3n) is 2.18. The fourth-order valence-corrected chi connectivity index (χ4v) is 1.64. The smallest absolute Gasteiger partial charge is 0.299 e. The van der Waals surface area contributed by atoms with Gasteiger partial charge in [-0.25, -0.2) is 4.98 Å². The lowest BCUT2D eigenvalue weighted by Gasteiger charge is -2.04. The molecule has 0 saturated heterocycles. The summed E-state index contributed by atoms with van der Waals surface area (Å²) in [6, 6.07) is 0. The number of rotatable bonds is 1. The van der Waals surface area contributed by atoms with E-state index in [1.807, 2.05) is 0 Å². The number of nitrogens with zero attached hydrogens (tertiary/aromatic N) is 4. The molecule has 0 aliphatic rings. The molecular formula is C8H9ClN4O. The molecule has 2 aromatic rings. The molecular weight excluding hydrogens is 204 g/mol. The van der Waals surface area contributed by atoms with Crippen LogP contribution in [0.15, 0.2) is 11.1 Å². The predicted molar refractivity (Wildman–Crippen MR) is 53.3 cm³/mol. The number of hydrogen-bond donors (Lipinski definition) is 0. The number of aromatic nitrogens is 4. The minimum atomic E-state index is -0.284. The van der Waals surface area contributed by atoms with Crippen LogP contribution >= 0.6 is 11.6 Å². The molecule has 0 radical (unpaired) electrons. The van der Waals surface area contributed by atoms with E-state index in [9.17, 15) is 4.79 Å². The Morgan fingerprint density at radius 2 is 2.21 bits per heavy atom. The Hall–Kier alpha value is -1.36. The molecule has 0 N–H and O–H groups in total. The van der Waals surface area contributed by atoms with Crippen molar-refractivity contribution >= 4 is 22.8 Å². The van der Waals surface area contributed by atoms with E-state index in [0.29, 0.717) is 17.0 Å². The normalized spacial score (nSPS) is 11.1. The fourth-order valence-electron chi connectivity index (χ4n) is 1.40. The van der Waals surface area contributed by atoms with E-state index in [2.05, 4.69) is 9.97 Å². The first-order valence-electron chi connectivity index (χ1n) is 4.08. The highest BCUT2D eigenvalue weighted by Crippen LogP contribution is 2.08. The second-order valence-corrected chi connectivity index (χ2v) is 3.32. The summed E-state index contributed by atoms with van der Waals surface area (Å²) in [4.78, 5) is 19.5. The Morgan fingerprint density at radius 3 is 2.86 bits per heavy atom. The van der Waals surface area contributed by atoms with Crippen LogP contribution in [0.1, 0.15) is 5.82 Å². The van der Waals surface area contributed by atoms with Gasteiger partial charge in [0.25, 0.3) is 5.56 Å². The summed E-state index contributed by atoms with van der Waals surface area (Å²) in [7, 11) is 3.55. The van der Waals surface area contributed by atoms with Gasteiger partial charge < -0.3 is 9.13 Å². The standard InChI is InChI=1S/C8H9ClN4O/c1-12-4-10-7-6(12)8(14)11-5(3-9)13(7)2/h4H,3H2,1-2H3. The molecule has 0 aliphatic heterocycles. The van der Waals surface area contributed by atoms with Crippen LogP contribution in [0.2, 0.25) is 0 Å². The van der Waals surface area contributed by atoms with Crippen LogP contribution < -0.4 is 5.56 Å². The van der Waals surface area contributed by atoms with E-state index < -0.39 is 0 Å². The molecule has 14 heavy (non-hydrogen) atoms. The molecule has 2 heterocycles. The second kappa shape index (κ2) is 3.09. The number of alkyl halides is 1. The van der Waals surface area contributed by atoms with Crippen molar-refractivity contribution in [1.82, 2.24) is 19.1 Å². The molecule has 74 valence electrons. The number of fused-ring (bicyclic) bond motifs is 1. The van der Waals surface area contributed by atoms with E-state index in [4.69, 9.17) is 11.6 Å². The minimum Gasteiger partial charge on any atom is -0.328 e. The van der Waals surface area contributed by atoms with E-state index in [-0.39, 0.29) is 11.4 Å². The zero-order valence-electron chi connectivity index (χ0n) is 7.86. The van der Waals surface area contributed by atoms with Crippen LogP contribution in [0.3, 0.4) is 0 Å². The topological polar surface area (TPSA) is 52.7 Å². The van der Waals surface area contributed by atoms with Gasteiger partial charge in [-0.2, -0.15) is 4.98 Å². The molecule has 0 atom stereocenters. The van der Waals surface area contributed by atoms with Gasteiger partial charge in [0.15, 0.2) is 11.2 Å². The highest BCUT2D eigenvalue weighted by atomic mass is 35.5. The lowest BCUT2D eigenvalue weighted by Crippen LogP contribution is -2.17. The van der Waals surface area contributed by atoms with Crippen molar-refractivity contribution < 1.29 is 0 Å². The number of halogens is 1. The Balaban J connectivity index is 2.97. The Labute approximate surface area is 85.0 Å². The molecule has 0 fully saturated rings. The summed E-state index contributed by atoms with van der Waals surface area (Å²) in [6.45, 7) is 0. The third kappa shape index (κ3) is 1.13. The highest BCUT2D eigenvalue weighted by molar-refractivity contribution is 6.16. The molecule has 0 aromatic carbocycles. The van der Waals surface area contributed by atoms with Gasteiger partial charge in [-0.15, -0.1) is 11.6 Å². The van der Waals surface area contributed by atoms with E-state index in [1.54, 1.807) is 29.6 Å². The number of imidazole rings is 1. The van der Waals surface area contributed by atoms with E-state index in [0.717, 1.165) is 0 Å². The molecule has 0 amide bonds. The van der Waals surface area contributed by atoms with E-state index >= 15 is 0 Å². The summed E-state index contributed by atoms with van der Waals surface area (Å²) in [5.41, 5.74) is 0.832. The highest BCUT2D eigenvalue weighted by Gasteiger charge is 2.10. The Kier molecular flexibility index (Phi) is 2.03. The van der Waals surface area contributed by atoms with Crippen LogP contribution in [0.5, 0.6) is 0 Å². The molecule has 6 heteroatoms. The zero-order valence-corrected chi connectivity index (χ0v) is 8.62. The first-order valence-corrected chi connectivity index (χ1v) is 4.61. The third-order valence-corrected chi connectivity index (χ3v) is 2.41. The average molecular weight is 213 g/mol. The maximum Gasteiger partial charge on any atom is 0.299 e. The van der Waals surface area contributed by atoms with Gasteiger partial charge in [-0.3, -0.25) is 4.79 Å². The van der Waals surface area contributed by atoms with Crippen molar-refractivity contribution in [2.45, 2.75) is 5.88 Å². The summed E-state index contributed by atoms with van der Waals surface area (Å²) >= 11 is 5.65. The molecule has 0 unspecified atom stereocenters. The van der Waals surface area contributed by atoms with Gasteiger partial charge in [0.2, 0.25) is 0 Å². The zero-order chi connectivity index (χ0) is 10.3. The largest absolute Gasteiger partial charge is 0.328 e. The Morgan fingerprint density at radius 1 is 1.50 bits per heavy atom. The first-order chi connectivity index (χ1) is 6.65. The van der Waals surface area contributed by atoms with E-state index in [1.165, 1.54) is 0 Å². The minimum absolute atomic E-state index is 0.207. The van der Waals surface area contributed by atoms with Crippen molar-refractivity contribution in [2.75, 3.05) is 0 Å². The van der Waals surface area contributed by atoms with Crippen LogP contribution in [0, 0.1) is 0 Å². The summed E-state index contributed by atoms with van der Waals surface area (Å²) in [6.07, 6.45) is 1.59. The maximum atomic E-state index is 11.5. The van der Waals surface area contributed by atoms with Gasteiger partial charge in [0, 0.05) is 14.1 Å². The van der Waals surface area contributed by atoms with Crippen molar-refractivity contribution in [2.24, 2.45) is 14.1 Å². The molecule has 2 aromatic heterocycles. The lowest BCUT2D eigenvalue weighted by atomic mass is 10.5. The fraction of sp³-hybridized carbons (Fsp3) is 0.375. The van der Waals surface area contributed by atoms with Crippen molar-refractivity contribution in [3.05, 3.63) is 22.5 Å². The van der Waals surface area contributed by atoms with Crippen LogP contribution in [0.4, 0.5) is 0 Å². The van der Waals surface area contributed by atoms with Crippen LogP contribution in [-0.4, -0.2) is 19.1 Å². The molecule has 0 bridgehead atoms. The molecule has 0 spiro atoms. The van der Waals surface area contributed by atoms with Crippen molar-refractivity contribution in [1.29, 1.82) is 0 Å². The quantitative estimate of drug-likeness (QED) is 0.644. The van der Waals surface area contributed by atoms with Gasteiger partial charge in [0.05, 0.1) is 12.2 Å². The van der Waals surface area contributed by atoms with Crippen molar-refractivity contribution in [3.63, 3.8) is 0 Å². The molecule has 0 aliphatic carbocycles. The lowest BCUT2D eigenvalue weighted by molar-refractivity contribution is 0.815. The monoisotopic (exact) mass is 212 g/mol. The summed E-state index contributed by atoms with van der Waals surface area (Å²) in [5.74, 6) is 0.737. The molecule has 5 nitrogen and oxygen atoms in total. The number of hydrogen-bond acceptors (Lipinski definition) is 3. The predicted octanol–water partition coefficient (Wildman–Crippen LogP) is 0.406. The average Bonchev–Trinajstić information content (AvgIpc) is 2.54. The first kappa shape index (κ1) is 9.21. The Bertz CT molecular complexity index is 542. The number of aryl methyl sites for hydroxylation is 2. The second-order valence-electron chi connectivity index (χ2n) is 3.05. The SMILES string of the molecule is Cn1cnc2c1c(=O)nc(CCl)n2C. The van der Waals surface area contributed by atoms with Gasteiger partial charge in [0.1, 0.15) is 5.82 Å². The summed E-state index contributed by atoms with van der Waals surface area (Å²) < 4.78 is 3.38. The molecule has 2 rings (SSSR count). The summed E-state index contributed by atoms with van der Waals surface area (Å²) in [5, 5.41) is 0. The van der Waals surface area contributed by atoms with Gasteiger partial charge in [-0.1, -0.05) is 0 Å². The van der Waals surface area contributed by atoms with Gasteiger partial charge >= 0.3 is 0 Å². The van der Waals surface area contributed by atoms with Crippen LogP contribution in [-0.2, 0) is 20.0 Å². The van der Waals surface area contributed by atoms with Gasteiger partial charge in [-0.05, 0) is 0 Å². The molecule has 0 saturated carbocycles.